The highest BCUT2D eigenvalue weighted by Crippen LogP contribution is 2.06. The molecule has 0 spiro atoms. The van der Waals surface area contributed by atoms with E-state index in [1.54, 1.807) is 0 Å². The zero-order valence-corrected chi connectivity index (χ0v) is 8.51. The molecular weight excluding hydrogens is 160 g/mol. The molecule has 2 heteroatoms. The molecule has 0 aliphatic heterocycles. The van der Waals surface area contributed by atoms with Crippen molar-refractivity contribution in [3.8, 4) is 0 Å². The summed E-state index contributed by atoms with van der Waals surface area (Å²) < 4.78 is 0. The molecule has 72 valence electrons. The number of hydrogen-bond acceptors (Lipinski definition) is 2. The van der Waals surface area contributed by atoms with E-state index < -0.39 is 0 Å². The Kier molecular flexibility index (Phi) is 4.47. The van der Waals surface area contributed by atoms with Crippen molar-refractivity contribution in [2.24, 2.45) is 0 Å². The van der Waals surface area contributed by atoms with Gasteiger partial charge in [-0.15, -0.1) is 0 Å². The highest BCUT2D eigenvalue weighted by molar-refractivity contribution is 5.21. The second-order valence-corrected chi connectivity index (χ2v) is 3.26. The first-order valence-electron chi connectivity index (χ1n) is 4.94. The molecule has 1 rings (SSSR count). The third-order valence-corrected chi connectivity index (χ3v) is 2.20. The van der Waals surface area contributed by atoms with Gasteiger partial charge in [0.05, 0.1) is 0 Å². The van der Waals surface area contributed by atoms with Gasteiger partial charge in [-0.25, -0.2) is 0 Å². The molecule has 1 N–H and O–H groups in total. The van der Waals surface area contributed by atoms with E-state index in [1.807, 2.05) is 12.4 Å². The lowest BCUT2D eigenvalue weighted by molar-refractivity contribution is 0.671. The second-order valence-electron chi connectivity index (χ2n) is 3.26. The molecule has 13 heavy (non-hydrogen) atoms. The van der Waals surface area contributed by atoms with E-state index in [1.165, 1.54) is 17.5 Å². The molecule has 0 fully saturated rings. The summed E-state index contributed by atoms with van der Waals surface area (Å²) in [6.07, 6.45) is 6.15. The van der Waals surface area contributed by atoms with Gasteiger partial charge in [0.2, 0.25) is 0 Å². The van der Waals surface area contributed by atoms with Crippen LogP contribution in [0.2, 0.25) is 0 Å². The molecule has 0 amide bonds. The Hall–Kier alpha value is -0.890. The predicted molar refractivity (Wildman–Crippen MR) is 55.8 cm³/mol. The Morgan fingerprint density at radius 2 is 2.31 bits per heavy atom. The number of nitrogens with zero attached hydrogens (tertiary/aromatic N) is 1. The molecule has 2 nitrogen and oxygen atoms in total. The lowest BCUT2D eigenvalue weighted by Gasteiger charge is -2.04. The first-order chi connectivity index (χ1) is 6.34. The minimum atomic E-state index is 1.06. The average Bonchev–Trinajstić information content (AvgIpc) is 2.15. The Labute approximate surface area is 80.4 Å². The molecule has 0 saturated carbocycles. The van der Waals surface area contributed by atoms with E-state index >= 15 is 0 Å². The van der Waals surface area contributed by atoms with E-state index in [0.717, 1.165) is 19.5 Å². The van der Waals surface area contributed by atoms with E-state index in [2.05, 4.69) is 30.2 Å². The molecule has 0 aromatic carbocycles. The van der Waals surface area contributed by atoms with E-state index in [9.17, 15) is 0 Å². The van der Waals surface area contributed by atoms with Crippen LogP contribution in [0.1, 0.15) is 24.5 Å². The Balaban J connectivity index is 2.32. The van der Waals surface area contributed by atoms with Crippen LogP contribution < -0.4 is 5.32 Å². The normalized spacial score (nSPS) is 10.3. The Morgan fingerprint density at radius 3 is 3.00 bits per heavy atom. The van der Waals surface area contributed by atoms with E-state index in [4.69, 9.17) is 0 Å². The van der Waals surface area contributed by atoms with Crippen LogP contribution in [0, 0.1) is 6.92 Å². The summed E-state index contributed by atoms with van der Waals surface area (Å²) in [6, 6.07) is 2.07. The van der Waals surface area contributed by atoms with Crippen LogP contribution in [-0.4, -0.2) is 18.1 Å². The smallest absolute Gasteiger partial charge is 0.0302 e. The van der Waals surface area contributed by atoms with Crippen molar-refractivity contribution in [3.05, 3.63) is 29.6 Å². The standard InChI is InChI=1S/C11H18N2/c1-3-12-7-4-5-11-9-13-8-6-10(11)2/h6,8-9,12H,3-5,7H2,1-2H3. The fraction of sp³-hybridized carbons (Fsp3) is 0.545. The summed E-state index contributed by atoms with van der Waals surface area (Å²) in [5.74, 6) is 0. The summed E-state index contributed by atoms with van der Waals surface area (Å²) in [5.41, 5.74) is 2.73. The van der Waals surface area contributed by atoms with Gasteiger partial charge in [-0.05, 0) is 50.0 Å². The molecule has 1 heterocycles. The van der Waals surface area contributed by atoms with Crippen molar-refractivity contribution >= 4 is 0 Å². The van der Waals surface area contributed by atoms with Gasteiger partial charge in [-0.1, -0.05) is 6.92 Å². The maximum Gasteiger partial charge on any atom is 0.0302 e. The molecule has 0 atom stereocenters. The van der Waals surface area contributed by atoms with E-state index in [-0.39, 0.29) is 0 Å². The van der Waals surface area contributed by atoms with E-state index in [0.29, 0.717) is 0 Å². The minimum absolute atomic E-state index is 1.06. The summed E-state index contributed by atoms with van der Waals surface area (Å²) >= 11 is 0. The van der Waals surface area contributed by atoms with Gasteiger partial charge < -0.3 is 5.32 Å². The van der Waals surface area contributed by atoms with Gasteiger partial charge >= 0.3 is 0 Å². The average molecular weight is 178 g/mol. The third kappa shape index (κ3) is 3.55. The lowest BCUT2D eigenvalue weighted by atomic mass is 10.1. The van der Waals surface area contributed by atoms with Gasteiger partial charge in [-0.3, -0.25) is 4.98 Å². The largest absolute Gasteiger partial charge is 0.317 e. The number of hydrogen-bond donors (Lipinski definition) is 1. The van der Waals surface area contributed by atoms with Crippen molar-refractivity contribution in [2.45, 2.75) is 26.7 Å². The molecule has 0 bridgehead atoms. The van der Waals surface area contributed by atoms with Crippen molar-refractivity contribution in [1.82, 2.24) is 10.3 Å². The summed E-state index contributed by atoms with van der Waals surface area (Å²) in [7, 11) is 0. The van der Waals surface area contributed by atoms with Crippen LogP contribution in [0.5, 0.6) is 0 Å². The molecule has 0 aliphatic rings. The number of nitrogens with one attached hydrogen (secondary N) is 1. The van der Waals surface area contributed by atoms with Gasteiger partial charge in [0.15, 0.2) is 0 Å². The minimum Gasteiger partial charge on any atom is -0.317 e. The van der Waals surface area contributed by atoms with Gasteiger partial charge in [0, 0.05) is 12.4 Å². The molecule has 0 aliphatic carbocycles. The maximum absolute atomic E-state index is 4.12. The molecule has 0 unspecified atom stereocenters. The monoisotopic (exact) mass is 178 g/mol. The van der Waals surface area contributed by atoms with Crippen LogP contribution in [0.15, 0.2) is 18.5 Å². The zero-order chi connectivity index (χ0) is 9.52. The molecule has 1 aromatic heterocycles. The van der Waals surface area contributed by atoms with Crippen molar-refractivity contribution in [3.63, 3.8) is 0 Å². The van der Waals surface area contributed by atoms with Crippen LogP contribution in [0.3, 0.4) is 0 Å². The fourth-order valence-electron chi connectivity index (χ4n) is 1.34. The molecule has 0 radical (unpaired) electrons. The fourth-order valence-corrected chi connectivity index (χ4v) is 1.34. The number of rotatable bonds is 5. The van der Waals surface area contributed by atoms with Gasteiger partial charge in [0.1, 0.15) is 0 Å². The maximum atomic E-state index is 4.12. The highest BCUT2D eigenvalue weighted by Gasteiger charge is 1.96. The number of pyridine rings is 1. The van der Waals surface area contributed by atoms with Gasteiger partial charge in [-0.2, -0.15) is 0 Å². The van der Waals surface area contributed by atoms with Crippen LogP contribution in [-0.2, 0) is 6.42 Å². The Morgan fingerprint density at radius 1 is 1.46 bits per heavy atom. The highest BCUT2D eigenvalue weighted by atomic mass is 14.8. The Bertz CT molecular complexity index is 246. The first-order valence-corrected chi connectivity index (χ1v) is 4.94. The number of aryl methyl sites for hydroxylation is 2. The molecule has 0 saturated heterocycles. The van der Waals surface area contributed by atoms with Crippen molar-refractivity contribution < 1.29 is 0 Å². The molecule has 1 aromatic rings. The topological polar surface area (TPSA) is 24.9 Å². The second kappa shape index (κ2) is 5.70. The van der Waals surface area contributed by atoms with Crippen molar-refractivity contribution in [2.75, 3.05) is 13.1 Å². The lowest BCUT2D eigenvalue weighted by Crippen LogP contribution is -2.14. The zero-order valence-electron chi connectivity index (χ0n) is 8.51. The van der Waals surface area contributed by atoms with Gasteiger partial charge in [0.25, 0.3) is 0 Å². The number of aromatic nitrogens is 1. The SMILES string of the molecule is CCNCCCc1cnccc1C. The van der Waals surface area contributed by atoms with Crippen molar-refractivity contribution in [1.29, 1.82) is 0 Å². The first kappa shape index (κ1) is 10.2. The van der Waals surface area contributed by atoms with Crippen LogP contribution in [0.25, 0.3) is 0 Å². The quantitative estimate of drug-likeness (QED) is 0.697. The van der Waals surface area contributed by atoms with Crippen LogP contribution in [0.4, 0.5) is 0 Å². The third-order valence-electron chi connectivity index (χ3n) is 2.20. The predicted octanol–water partition coefficient (Wildman–Crippen LogP) is 1.93. The van der Waals surface area contributed by atoms with Crippen LogP contribution >= 0.6 is 0 Å². The summed E-state index contributed by atoms with van der Waals surface area (Å²) in [6.45, 7) is 6.44. The summed E-state index contributed by atoms with van der Waals surface area (Å²) in [4.78, 5) is 4.12. The summed E-state index contributed by atoms with van der Waals surface area (Å²) in [5, 5.41) is 3.32. The molecular formula is C11H18N2.